The van der Waals surface area contributed by atoms with Crippen molar-refractivity contribution in [1.82, 2.24) is 4.98 Å². The summed E-state index contributed by atoms with van der Waals surface area (Å²) in [5.74, 6) is 1.02. The van der Waals surface area contributed by atoms with E-state index in [1.165, 1.54) is 30.6 Å². The van der Waals surface area contributed by atoms with E-state index in [4.69, 9.17) is 10.8 Å². The average molecular weight is 224 g/mol. The number of nitrogens with zero attached hydrogens (tertiary/aromatic N) is 1. The molecule has 0 aromatic carbocycles. The maximum Gasteiger partial charge on any atom is 0.357 e. The molecule has 1 aromatic heterocycles. The SMILES string of the molecule is Nc1sc(C2C3CCCC32)nc1C(=O)O. The van der Waals surface area contributed by atoms with Crippen LogP contribution in [-0.2, 0) is 0 Å². The molecular weight excluding hydrogens is 212 g/mol. The third-order valence-electron chi connectivity index (χ3n) is 3.56. The second-order valence-corrected chi connectivity index (χ2v) is 5.42. The normalized spacial score (nSPS) is 32.7. The molecule has 5 heteroatoms. The molecule has 2 saturated carbocycles. The van der Waals surface area contributed by atoms with Crippen LogP contribution in [0.3, 0.4) is 0 Å². The number of carbonyl (C=O) groups is 1. The maximum atomic E-state index is 10.8. The molecule has 0 aliphatic heterocycles. The predicted octanol–water partition coefficient (Wildman–Crippen LogP) is 1.94. The number of thiazole rings is 1. The minimum atomic E-state index is -1.01. The Morgan fingerprint density at radius 1 is 1.47 bits per heavy atom. The van der Waals surface area contributed by atoms with Crippen LogP contribution < -0.4 is 5.73 Å². The summed E-state index contributed by atoms with van der Waals surface area (Å²) < 4.78 is 0. The lowest BCUT2D eigenvalue weighted by Crippen LogP contribution is -2.00. The summed E-state index contributed by atoms with van der Waals surface area (Å²) in [5, 5.41) is 10.1. The van der Waals surface area contributed by atoms with Crippen molar-refractivity contribution < 1.29 is 9.90 Å². The van der Waals surface area contributed by atoms with Crippen LogP contribution in [0.15, 0.2) is 0 Å². The van der Waals surface area contributed by atoms with Crippen molar-refractivity contribution in [2.45, 2.75) is 25.2 Å². The Labute approximate surface area is 91.1 Å². The van der Waals surface area contributed by atoms with E-state index in [1.54, 1.807) is 0 Å². The fraction of sp³-hybridized carbons (Fsp3) is 0.600. The predicted molar refractivity (Wildman–Crippen MR) is 57.1 cm³/mol. The van der Waals surface area contributed by atoms with Crippen molar-refractivity contribution in [2.24, 2.45) is 11.8 Å². The van der Waals surface area contributed by atoms with E-state index in [9.17, 15) is 4.79 Å². The highest BCUT2D eigenvalue weighted by Crippen LogP contribution is 2.63. The molecule has 2 fully saturated rings. The number of hydrogen-bond donors (Lipinski definition) is 2. The first-order chi connectivity index (χ1) is 7.18. The van der Waals surface area contributed by atoms with Crippen LogP contribution in [0.25, 0.3) is 0 Å². The van der Waals surface area contributed by atoms with Gasteiger partial charge in [0, 0.05) is 5.92 Å². The summed E-state index contributed by atoms with van der Waals surface area (Å²) in [5.41, 5.74) is 5.68. The quantitative estimate of drug-likeness (QED) is 0.804. The van der Waals surface area contributed by atoms with Crippen LogP contribution in [0.4, 0.5) is 5.00 Å². The third kappa shape index (κ3) is 1.26. The maximum absolute atomic E-state index is 10.8. The van der Waals surface area contributed by atoms with Crippen molar-refractivity contribution in [3.8, 4) is 0 Å². The van der Waals surface area contributed by atoms with Crippen molar-refractivity contribution in [3.05, 3.63) is 10.7 Å². The molecule has 15 heavy (non-hydrogen) atoms. The Morgan fingerprint density at radius 2 is 2.13 bits per heavy atom. The van der Waals surface area contributed by atoms with Gasteiger partial charge in [-0.3, -0.25) is 0 Å². The standard InChI is InChI=1S/C10H12N2O2S/c11-8-7(10(13)14)12-9(15-8)6-4-2-1-3-5(4)6/h4-6H,1-3,11H2,(H,13,14). The average Bonchev–Trinajstić information content (AvgIpc) is 2.62. The van der Waals surface area contributed by atoms with Crippen molar-refractivity contribution in [3.63, 3.8) is 0 Å². The van der Waals surface area contributed by atoms with Gasteiger partial charge in [0.15, 0.2) is 5.69 Å². The van der Waals surface area contributed by atoms with E-state index in [0.29, 0.717) is 10.9 Å². The summed E-state index contributed by atoms with van der Waals surface area (Å²) in [6, 6.07) is 0. The van der Waals surface area contributed by atoms with Gasteiger partial charge >= 0.3 is 5.97 Å². The minimum absolute atomic E-state index is 0.0416. The molecule has 2 aliphatic carbocycles. The fourth-order valence-corrected chi connectivity index (χ4v) is 3.91. The van der Waals surface area contributed by atoms with Gasteiger partial charge in [0.05, 0.1) is 5.01 Å². The molecule has 2 aliphatic rings. The molecule has 0 spiro atoms. The van der Waals surface area contributed by atoms with Crippen molar-refractivity contribution in [1.29, 1.82) is 0 Å². The number of rotatable bonds is 2. The highest BCUT2D eigenvalue weighted by atomic mass is 32.1. The number of carboxylic acid groups (broad SMARTS) is 1. The van der Waals surface area contributed by atoms with Gasteiger partial charge in [-0.25, -0.2) is 9.78 Å². The summed E-state index contributed by atoms with van der Waals surface area (Å²) in [6.07, 6.45) is 3.87. The van der Waals surface area contributed by atoms with Gasteiger partial charge in [-0.2, -0.15) is 0 Å². The summed E-state index contributed by atoms with van der Waals surface area (Å²) >= 11 is 1.36. The van der Waals surface area contributed by atoms with Crippen LogP contribution >= 0.6 is 11.3 Å². The number of fused-ring (bicyclic) bond motifs is 1. The highest BCUT2D eigenvalue weighted by Gasteiger charge is 2.54. The van der Waals surface area contributed by atoms with Crippen LogP contribution in [0, 0.1) is 11.8 Å². The highest BCUT2D eigenvalue weighted by molar-refractivity contribution is 7.16. The number of carboxylic acids is 1. The monoisotopic (exact) mass is 224 g/mol. The van der Waals surface area contributed by atoms with E-state index in [1.807, 2.05) is 0 Å². The van der Waals surface area contributed by atoms with E-state index in [2.05, 4.69) is 4.98 Å². The zero-order valence-corrected chi connectivity index (χ0v) is 8.96. The van der Waals surface area contributed by atoms with Gasteiger partial charge < -0.3 is 10.8 Å². The molecule has 3 rings (SSSR count). The first-order valence-corrected chi connectivity index (χ1v) is 5.99. The first kappa shape index (κ1) is 9.15. The number of nitrogen functional groups attached to an aromatic ring is 1. The topological polar surface area (TPSA) is 76.2 Å². The van der Waals surface area contributed by atoms with Gasteiger partial charge in [0.25, 0.3) is 0 Å². The van der Waals surface area contributed by atoms with Gasteiger partial charge in [-0.15, -0.1) is 11.3 Å². The molecular formula is C10H12N2O2S. The molecule has 0 radical (unpaired) electrons. The smallest absolute Gasteiger partial charge is 0.357 e. The van der Waals surface area contributed by atoms with Crippen LogP contribution in [0.1, 0.15) is 40.7 Å². The van der Waals surface area contributed by atoms with Gasteiger partial charge in [0.2, 0.25) is 0 Å². The van der Waals surface area contributed by atoms with Crippen LogP contribution in [0.2, 0.25) is 0 Å². The van der Waals surface area contributed by atoms with Crippen molar-refractivity contribution >= 4 is 22.3 Å². The largest absolute Gasteiger partial charge is 0.476 e. The zero-order chi connectivity index (χ0) is 10.6. The number of hydrogen-bond acceptors (Lipinski definition) is 4. The second-order valence-electron chi connectivity index (χ2n) is 4.35. The second kappa shape index (κ2) is 2.95. The summed E-state index contributed by atoms with van der Waals surface area (Å²) in [7, 11) is 0. The van der Waals surface area contributed by atoms with E-state index >= 15 is 0 Å². The van der Waals surface area contributed by atoms with E-state index < -0.39 is 5.97 Å². The lowest BCUT2D eigenvalue weighted by Gasteiger charge is -1.96. The van der Waals surface area contributed by atoms with Crippen LogP contribution in [-0.4, -0.2) is 16.1 Å². The third-order valence-corrected chi connectivity index (χ3v) is 4.55. The summed E-state index contributed by atoms with van der Waals surface area (Å²) in [6.45, 7) is 0. The van der Waals surface area contributed by atoms with E-state index in [0.717, 1.165) is 16.8 Å². The number of anilines is 1. The molecule has 4 nitrogen and oxygen atoms in total. The molecule has 2 unspecified atom stereocenters. The molecule has 2 atom stereocenters. The lowest BCUT2D eigenvalue weighted by atomic mass is 10.1. The first-order valence-electron chi connectivity index (χ1n) is 5.18. The Hall–Kier alpha value is -1.10. The molecule has 0 amide bonds. The van der Waals surface area contributed by atoms with Crippen LogP contribution in [0.5, 0.6) is 0 Å². The van der Waals surface area contributed by atoms with E-state index in [-0.39, 0.29) is 5.69 Å². The molecule has 1 aromatic rings. The number of aromatic carboxylic acids is 1. The molecule has 80 valence electrons. The van der Waals surface area contributed by atoms with Gasteiger partial charge in [0.1, 0.15) is 5.00 Å². The molecule has 3 N–H and O–H groups in total. The Morgan fingerprint density at radius 3 is 2.67 bits per heavy atom. The van der Waals surface area contributed by atoms with Gasteiger partial charge in [-0.1, -0.05) is 6.42 Å². The number of aromatic nitrogens is 1. The summed E-state index contributed by atoms with van der Waals surface area (Å²) in [4.78, 5) is 14.9. The van der Waals surface area contributed by atoms with Crippen molar-refractivity contribution in [2.75, 3.05) is 5.73 Å². The Kier molecular flexibility index (Phi) is 1.80. The lowest BCUT2D eigenvalue weighted by molar-refractivity contribution is 0.0692. The Balaban J connectivity index is 1.88. The number of nitrogens with two attached hydrogens (primary N) is 1. The minimum Gasteiger partial charge on any atom is -0.476 e. The molecule has 1 heterocycles. The zero-order valence-electron chi connectivity index (χ0n) is 8.14. The molecule has 0 saturated heterocycles. The molecule has 0 bridgehead atoms. The Bertz CT molecular complexity index is 419. The van der Waals surface area contributed by atoms with Gasteiger partial charge in [-0.05, 0) is 24.7 Å². The fourth-order valence-electron chi connectivity index (χ4n) is 2.83.